The van der Waals surface area contributed by atoms with Crippen LogP contribution in [0, 0.1) is 22.0 Å². The zero-order chi connectivity index (χ0) is 18.1. The van der Waals surface area contributed by atoms with Crippen molar-refractivity contribution < 1.29 is 47.3 Å². The number of non-ortho nitro benzene ring substituents is 1. The van der Waals surface area contributed by atoms with Crippen LogP contribution in [0.3, 0.4) is 0 Å². The summed E-state index contributed by atoms with van der Waals surface area (Å²) in [6.45, 7) is 1.40. The average molecular weight is 554 g/mol. The van der Waals surface area contributed by atoms with Gasteiger partial charge in [0.25, 0.3) is 0 Å². The van der Waals surface area contributed by atoms with Crippen molar-refractivity contribution in [2.24, 2.45) is 11.8 Å². The summed E-state index contributed by atoms with van der Waals surface area (Å²) in [5.41, 5.74) is 0.217. The first-order valence-electron chi connectivity index (χ1n) is 8.09. The molecule has 0 heterocycles. The van der Waals surface area contributed by atoms with Crippen molar-refractivity contribution in [2.45, 2.75) is 35.4 Å². The van der Waals surface area contributed by atoms with Gasteiger partial charge in [-0.3, -0.25) is 0 Å². The van der Waals surface area contributed by atoms with Gasteiger partial charge < -0.3 is 0 Å². The molecule has 0 aliphatic heterocycles. The molecule has 2 aliphatic carbocycles. The molecule has 0 N–H and O–H groups in total. The molecule has 1 aromatic carbocycles. The van der Waals surface area contributed by atoms with E-state index in [4.69, 9.17) is 17.7 Å². The van der Waals surface area contributed by atoms with E-state index in [0.29, 0.717) is 6.42 Å². The number of carbonyl (C=O) groups excluding carboxylic acids is 2. The minimum atomic E-state index is -1.71. The van der Waals surface area contributed by atoms with Crippen LogP contribution >= 0.6 is 8.25 Å². The van der Waals surface area contributed by atoms with Crippen molar-refractivity contribution in [1.29, 1.82) is 0 Å². The fourth-order valence-electron chi connectivity index (χ4n) is 4.02. The van der Waals surface area contributed by atoms with E-state index in [1.807, 2.05) is 0 Å². The molecule has 0 radical (unpaired) electrons. The van der Waals surface area contributed by atoms with Gasteiger partial charge in [-0.2, -0.15) is 0 Å². The second-order valence-electron chi connectivity index (χ2n) is 6.54. The van der Waals surface area contributed by atoms with Crippen molar-refractivity contribution in [3.05, 3.63) is 39.9 Å². The third-order valence-corrected chi connectivity index (χ3v) is 13.7. The number of esters is 2. The second-order valence-corrected chi connectivity index (χ2v) is 14.1. The third kappa shape index (κ3) is 3.82. The average Bonchev–Trinajstić information content (AvgIpc) is 3.12. The maximum atomic E-state index is 12.3. The number of hydrogen-bond acceptors (Lipinski definition) is 6. The SMILES string of the molecule is CC(=O)O[C@H]1[C@H]2C[C@@H]([C@H]1[Hg][Cl])[C@H](OC(=O)c1ccc([N+](=O)[O-])cc1)C2. The Bertz CT molecular complexity index is 696. The third-order valence-electron chi connectivity index (χ3n) is 5.08. The van der Waals surface area contributed by atoms with Crippen molar-refractivity contribution >= 4 is 25.9 Å². The predicted molar refractivity (Wildman–Crippen MR) is 83.7 cm³/mol. The van der Waals surface area contributed by atoms with Crippen LogP contribution in [0.15, 0.2) is 24.3 Å². The minimum absolute atomic E-state index is 0.0718. The summed E-state index contributed by atoms with van der Waals surface area (Å²) in [5, 5.41) is 10.7. The summed E-state index contributed by atoms with van der Waals surface area (Å²) in [6.07, 6.45) is 1.20. The molecule has 2 fully saturated rings. The summed E-state index contributed by atoms with van der Waals surface area (Å²) in [4.78, 5) is 33.8. The molecule has 3 rings (SSSR count). The zero-order valence-corrected chi connectivity index (χ0v) is 19.8. The Morgan fingerprint density at radius 3 is 2.48 bits per heavy atom. The maximum absolute atomic E-state index is 12.3. The summed E-state index contributed by atoms with van der Waals surface area (Å²) < 4.78 is 11.3. The summed E-state index contributed by atoms with van der Waals surface area (Å²) >= 11 is -1.71. The zero-order valence-electron chi connectivity index (χ0n) is 13.6. The molecule has 2 bridgehead atoms. The predicted octanol–water partition coefficient (Wildman–Crippen LogP) is 3.12. The summed E-state index contributed by atoms with van der Waals surface area (Å²) in [7, 11) is 6.27. The number of nitrogens with zero attached hydrogens (tertiary/aromatic N) is 1. The first-order chi connectivity index (χ1) is 11.9. The molecule has 2 aliphatic rings. The Morgan fingerprint density at radius 2 is 1.92 bits per heavy atom. The standard InChI is InChI=1S/C16H16NO6.ClH.Hg/c1-9(18)22-14-7-12-6-11(14)8-15(12)23-16(19)10-2-4-13(5-3-10)17(20)21;;/h2-5,7,11-12,14-15H,6,8H2,1H3;1H;/q;;+1/p-1/t11-,12-,14+,15+;;/m0../s1. The van der Waals surface area contributed by atoms with Gasteiger partial charge in [-0.1, -0.05) is 0 Å². The van der Waals surface area contributed by atoms with Gasteiger partial charge in [-0.05, 0) is 0 Å². The van der Waals surface area contributed by atoms with Crippen LogP contribution in [0.4, 0.5) is 5.69 Å². The number of rotatable bonds is 5. The van der Waals surface area contributed by atoms with Crippen LogP contribution in [-0.2, 0) is 37.6 Å². The van der Waals surface area contributed by atoms with Crippen LogP contribution in [0.5, 0.6) is 0 Å². The van der Waals surface area contributed by atoms with Gasteiger partial charge in [0.1, 0.15) is 0 Å². The van der Waals surface area contributed by atoms with E-state index in [9.17, 15) is 19.7 Å². The van der Waals surface area contributed by atoms with Gasteiger partial charge in [-0.15, -0.1) is 0 Å². The van der Waals surface area contributed by atoms with E-state index >= 15 is 0 Å². The molecular formula is C16H16ClHgNO6. The van der Waals surface area contributed by atoms with Gasteiger partial charge >= 0.3 is 160 Å². The Labute approximate surface area is 160 Å². The number of nitro benzene ring substituents is 1. The molecule has 0 amide bonds. The van der Waals surface area contributed by atoms with Gasteiger partial charge in [0.15, 0.2) is 0 Å². The Balaban J connectivity index is 1.65. The number of halogens is 1. The Morgan fingerprint density at radius 1 is 1.24 bits per heavy atom. The van der Waals surface area contributed by atoms with E-state index in [0.717, 1.165) is 6.42 Å². The second kappa shape index (κ2) is 7.57. The van der Waals surface area contributed by atoms with Crippen LogP contribution in [0.2, 0.25) is 3.43 Å². The fraction of sp³-hybridized carbons (Fsp3) is 0.500. The molecule has 0 unspecified atom stereocenters. The number of benzene rings is 1. The number of ether oxygens (including phenoxy) is 2. The first kappa shape index (κ1) is 18.6. The monoisotopic (exact) mass is 555 g/mol. The molecule has 5 atom stereocenters. The Hall–Kier alpha value is -1.21. The van der Waals surface area contributed by atoms with Gasteiger partial charge in [0.2, 0.25) is 0 Å². The number of nitro groups is 1. The van der Waals surface area contributed by atoms with Crippen LogP contribution in [0.25, 0.3) is 0 Å². The molecular weight excluding hydrogens is 538 g/mol. The van der Waals surface area contributed by atoms with Gasteiger partial charge in [0.05, 0.1) is 0 Å². The van der Waals surface area contributed by atoms with Crippen LogP contribution in [0.1, 0.15) is 30.1 Å². The van der Waals surface area contributed by atoms with Crippen molar-refractivity contribution in [2.75, 3.05) is 0 Å². The van der Waals surface area contributed by atoms with Crippen molar-refractivity contribution in [3.63, 3.8) is 0 Å². The van der Waals surface area contributed by atoms with Crippen molar-refractivity contribution in [3.8, 4) is 0 Å². The molecule has 0 saturated heterocycles. The van der Waals surface area contributed by atoms with Crippen molar-refractivity contribution in [1.82, 2.24) is 0 Å². The quantitative estimate of drug-likeness (QED) is 0.240. The topological polar surface area (TPSA) is 95.7 Å². The van der Waals surface area contributed by atoms with E-state index in [-0.39, 0.29) is 44.7 Å². The Kier molecular flexibility index (Phi) is 5.63. The first-order valence-corrected chi connectivity index (χ1v) is 18.0. The molecule has 0 spiro atoms. The van der Waals surface area contributed by atoms with Gasteiger partial charge in [0, 0.05) is 0 Å². The molecule has 25 heavy (non-hydrogen) atoms. The summed E-state index contributed by atoms with van der Waals surface area (Å²) in [6, 6.07) is 5.36. The van der Waals surface area contributed by atoms with Crippen LogP contribution < -0.4 is 0 Å². The van der Waals surface area contributed by atoms with E-state index in [1.165, 1.54) is 31.2 Å². The van der Waals surface area contributed by atoms with E-state index < -0.39 is 34.2 Å². The van der Waals surface area contributed by atoms with E-state index in [1.54, 1.807) is 0 Å². The van der Waals surface area contributed by atoms with Crippen LogP contribution in [-0.4, -0.2) is 29.1 Å². The molecule has 130 valence electrons. The number of carbonyl (C=O) groups is 2. The number of fused-ring (bicyclic) bond motifs is 2. The number of hydrogen-bond donors (Lipinski definition) is 0. The molecule has 7 nitrogen and oxygen atoms in total. The fourth-order valence-corrected chi connectivity index (χ4v) is 12.9. The van der Waals surface area contributed by atoms with Gasteiger partial charge in [-0.25, -0.2) is 0 Å². The molecule has 2 saturated carbocycles. The normalized spacial score (nSPS) is 29.8. The summed E-state index contributed by atoms with van der Waals surface area (Å²) in [5.74, 6) is -0.412. The van der Waals surface area contributed by atoms with E-state index in [2.05, 4.69) is 0 Å². The molecule has 0 aromatic heterocycles. The molecule has 1 aromatic rings. The molecule has 9 heteroatoms.